The number of hydrogen-bond acceptors (Lipinski definition) is 2. The van der Waals surface area contributed by atoms with Crippen molar-refractivity contribution < 1.29 is 14.5 Å². The second-order valence-electron chi connectivity index (χ2n) is 5.34. The number of carbonyl (C=O) groups is 1. The van der Waals surface area contributed by atoms with E-state index in [1.54, 1.807) is 4.57 Å². The van der Waals surface area contributed by atoms with E-state index in [0.717, 1.165) is 16.8 Å². The van der Waals surface area contributed by atoms with E-state index in [2.05, 4.69) is 0 Å². The summed E-state index contributed by atoms with van der Waals surface area (Å²) in [6.45, 7) is 0.141. The minimum absolute atomic E-state index is 0.0236. The van der Waals surface area contributed by atoms with Gasteiger partial charge in [0.1, 0.15) is 6.61 Å². The van der Waals surface area contributed by atoms with Gasteiger partial charge in [0.2, 0.25) is 18.0 Å². The van der Waals surface area contributed by atoms with Crippen LogP contribution in [-0.4, -0.2) is 10.9 Å². The molecule has 0 unspecified atom stereocenters. The molecule has 0 atom stereocenters. The first-order valence-electron chi connectivity index (χ1n) is 7.55. The number of Topliss-reactive ketones (excluding diaryl/α,β-unsaturated/α-hetero) is 1. The van der Waals surface area contributed by atoms with Crippen LogP contribution in [-0.2, 0) is 13.2 Å². The van der Waals surface area contributed by atoms with E-state index in [9.17, 15) is 9.90 Å². The topological polar surface area (TPSA) is 41.2 Å². The number of nitrogens with zero attached hydrogens (tertiary/aromatic N) is 1. The SMILES string of the molecule is O=C(C[n+]1ccccc1CO)c1ccc(-c2ccccc2)cc1. The Morgan fingerprint density at radius 1 is 0.826 bits per heavy atom. The van der Waals surface area contributed by atoms with Crippen molar-refractivity contribution in [1.29, 1.82) is 0 Å². The molecule has 1 heterocycles. The summed E-state index contributed by atoms with van der Waals surface area (Å²) in [4.78, 5) is 12.4. The van der Waals surface area contributed by atoms with Crippen LogP contribution >= 0.6 is 0 Å². The fourth-order valence-electron chi connectivity index (χ4n) is 2.53. The fourth-order valence-corrected chi connectivity index (χ4v) is 2.53. The van der Waals surface area contributed by atoms with Crippen molar-refractivity contribution in [3.8, 4) is 11.1 Å². The molecule has 0 aliphatic heterocycles. The molecule has 23 heavy (non-hydrogen) atoms. The zero-order valence-corrected chi connectivity index (χ0v) is 12.7. The van der Waals surface area contributed by atoms with E-state index in [-0.39, 0.29) is 18.9 Å². The maximum atomic E-state index is 12.4. The Balaban J connectivity index is 1.78. The molecule has 114 valence electrons. The molecule has 0 aliphatic rings. The highest BCUT2D eigenvalue weighted by Crippen LogP contribution is 2.19. The predicted octanol–water partition coefficient (Wildman–Crippen LogP) is 3.02. The van der Waals surface area contributed by atoms with E-state index >= 15 is 0 Å². The molecule has 0 bridgehead atoms. The highest BCUT2D eigenvalue weighted by Gasteiger charge is 2.15. The van der Waals surface area contributed by atoms with E-state index < -0.39 is 0 Å². The Morgan fingerprint density at radius 2 is 1.48 bits per heavy atom. The number of pyridine rings is 1. The van der Waals surface area contributed by atoms with Gasteiger partial charge in [-0.3, -0.25) is 4.79 Å². The Morgan fingerprint density at radius 3 is 2.17 bits per heavy atom. The first-order valence-corrected chi connectivity index (χ1v) is 7.55. The number of rotatable bonds is 5. The third kappa shape index (κ3) is 3.52. The highest BCUT2D eigenvalue weighted by atomic mass is 16.3. The summed E-state index contributed by atoms with van der Waals surface area (Å²) in [6, 6.07) is 23.2. The van der Waals surface area contributed by atoms with Crippen LogP contribution in [0.2, 0.25) is 0 Å². The number of aliphatic hydroxyl groups excluding tert-OH is 1. The second-order valence-corrected chi connectivity index (χ2v) is 5.34. The number of aromatic nitrogens is 1. The monoisotopic (exact) mass is 304 g/mol. The van der Waals surface area contributed by atoms with Crippen molar-refractivity contribution in [3.05, 3.63) is 90.3 Å². The molecule has 0 saturated carbocycles. The van der Waals surface area contributed by atoms with Crippen molar-refractivity contribution in [1.82, 2.24) is 0 Å². The predicted molar refractivity (Wildman–Crippen MR) is 88.8 cm³/mol. The van der Waals surface area contributed by atoms with Crippen molar-refractivity contribution in [2.45, 2.75) is 13.2 Å². The van der Waals surface area contributed by atoms with Gasteiger partial charge >= 0.3 is 0 Å². The lowest BCUT2D eigenvalue weighted by molar-refractivity contribution is -0.692. The zero-order chi connectivity index (χ0) is 16.1. The van der Waals surface area contributed by atoms with E-state index in [0.29, 0.717) is 5.56 Å². The molecule has 1 N–H and O–H groups in total. The minimum atomic E-state index is -0.0823. The lowest BCUT2D eigenvalue weighted by Gasteiger charge is -2.04. The van der Waals surface area contributed by atoms with Gasteiger partial charge in [0.15, 0.2) is 6.20 Å². The molecule has 3 heteroatoms. The van der Waals surface area contributed by atoms with Gasteiger partial charge in [-0.2, -0.15) is 4.57 Å². The van der Waals surface area contributed by atoms with Crippen LogP contribution in [0.4, 0.5) is 0 Å². The van der Waals surface area contributed by atoms with Crippen LogP contribution in [0.3, 0.4) is 0 Å². The van der Waals surface area contributed by atoms with Crippen LogP contribution in [0.1, 0.15) is 16.1 Å². The molecule has 3 rings (SSSR count). The van der Waals surface area contributed by atoms with Gasteiger partial charge < -0.3 is 5.11 Å². The third-order valence-electron chi connectivity index (χ3n) is 3.82. The molecule has 1 aromatic heterocycles. The van der Waals surface area contributed by atoms with Crippen LogP contribution in [0.15, 0.2) is 79.0 Å². The average molecular weight is 304 g/mol. The molecule has 0 spiro atoms. The van der Waals surface area contributed by atoms with Gasteiger partial charge in [-0.15, -0.1) is 0 Å². The molecule has 0 fully saturated rings. The maximum absolute atomic E-state index is 12.4. The first kappa shape index (κ1) is 15.1. The van der Waals surface area contributed by atoms with E-state index in [1.165, 1.54) is 0 Å². The van der Waals surface area contributed by atoms with Gasteiger partial charge in [-0.1, -0.05) is 60.7 Å². The highest BCUT2D eigenvalue weighted by molar-refractivity contribution is 5.95. The molecular weight excluding hydrogens is 286 g/mol. The summed E-state index contributed by atoms with van der Waals surface area (Å²) in [5.74, 6) is 0.0236. The summed E-state index contributed by atoms with van der Waals surface area (Å²) in [7, 11) is 0. The molecule has 3 nitrogen and oxygen atoms in total. The van der Waals surface area contributed by atoms with Crippen LogP contribution in [0, 0.1) is 0 Å². The number of carbonyl (C=O) groups excluding carboxylic acids is 1. The molecule has 0 saturated heterocycles. The number of benzene rings is 2. The summed E-state index contributed by atoms with van der Waals surface area (Å²) >= 11 is 0. The van der Waals surface area contributed by atoms with Crippen molar-refractivity contribution in [3.63, 3.8) is 0 Å². The van der Waals surface area contributed by atoms with Crippen LogP contribution < -0.4 is 4.57 Å². The first-order chi connectivity index (χ1) is 11.3. The number of aliphatic hydroxyl groups is 1. The number of ketones is 1. The van der Waals surface area contributed by atoms with Crippen LogP contribution in [0.25, 0.3) is 11.1 Å². The van der Waals surface area contributed by atoms with Gasteiger partial charge in [0.25, 0.3) is 0 Å². The smallest absolute Gasteiger partial charge is 0.227 e. The Bertz CT molecular complexity index is 795. The standard InChI is InChI=1S/C20H18NO2/c22-15-19-8-4-5-13-21(19)14-20(23)18-11-9-17(10-12-18)16-6-2-1-3-7-16/h1-13,22H,14-15H2/q+1. The van der Waals surface area contributed by atoms with Gasteiger partial charge in [0.05, 0.1) is 0 Å². The van der Waals surface area contributed by atoms with E-state index in [4.69, 9.17) is 0 Å². The molecule has 3 aromatic rings. The third-order valence-corrected chi connectivity index (χ3v) is 3.82. The molecule has 2 aromatic carbocycles. The van der Waals surface area contributed by atoms with Gasteiger partial charge in [0, 0.05) is 17.7 Å². The quantitative estimate of drug-likeness (QED) is 0.581. The normalized spacial score (nSPS) is 10.5. The molecular formula is C20H18NO2+. The van der Waals surface area contributed by atoms with Crippen molar-refractivity contribution in [2.24, 2.45) is 0 Å². The fraction of sp³-hybridized carbons (Fsp3) is 0.100. The van der Waals surface area contributed by atoms with Gasteiger partial charge in [-0.25, -0.2) is 0 Å². The lowest BCUT2D eigenvalue weighted by atomic mass is 10.0. The average Bonchev–Trinajstić information content (AvgIpc) is 2.63. The number of hydrogen-bond donors (Lipinski definition) is 1. The molecule has 0 radical (unpaired) electrons. The van der Waals surface area contributed by atoms with Crippen molar-refractivity contribution >= 4 is 5.78 Å². The Labute approximate surface area is 135 Å². The second kappa shape index (κ2) is 6.99. The zero-order valence-electron chi connectivity index (χ0n) is 12.7. The van der Waals surface area contributed by atoms with E-state index in [1.807, 2.05) is 79.0 Å². The Hall–Kier alpha value is -2.78. The largest absolute Gasteiger partial charge is 0.385 e. The van der Waals surface area contributed by atoms with Gasteiger partial charge in [-0.05, 0) is 11.1 Å². The minimum Gasteiger partial charge on any atom is -0.385 e. The van der Waals surface area contributed by atoms with Crippen LogP contribution in [0.5, 0.6) is 0 Å². The Kier molecular flexibility index (Phi) is 4.60. The molecule has 0 aliphatic carbocycles. The maximum Gasteiger partial charge on any atom is 0.227 e. The molecule has 0 amide bonds. The van der Waals surface area contributed by atoms with Crippen molar-refractivity contribution in [2.75, 3.05) is 0 Å². The summed E-state index contributed by atoms with van der Waals surface area (Å²) in [5.41, 5.74) is 3.61. The summed E-state index contributed by atoms with van der Waals surface area (Å²) in [5, 5.41) is 9.33. The summed E-state index contributed by atoms with van der Waals surface area (Å²) < 4.78 is 1.77. The lowest BCUT2D eigenvalue weighted by Crippen LogP contribution is -2.41. The summed E-state index contributed by atoms with van der Waals surface area (Å²) in [6.07, 6.45) is 1.81.